The Morgan fingerprint density at radius 2 is 1.56 bits per heavy atom. The van der Waals surface area contributed by atoms with E-state index in [9.17, 15) is 22.4 Å². The van der Waals surface area contributed by atoms with Gasteiger partial charge in [-0.25, -0.2) is 12.8 Å². The maximum absolute atomic E-state index is 14.8. The van der Waals surface area contributed by atoms with E-state index < -0.39 is 21.9 Å². The molecule has 9 heteroatoms. The van der Waals surface area contributed by atoms with Crippen molar-refractivity contribution in [3.8, 4) is 0 Å². The molecule has 0 unspecified atom stereocenters. The van der Waals surface area contributed by atoms with Crippen LogP contribution >= 0.6 is 0 Å². The standard InChI is InChI=1S/C32H40FN3O4S/c1-24(2)22-34-32(38)30(21-26-11-6-5-7-12-26)35(23-27-13-8-9-14-29(27)33)31(37)15-10-20-36(41(4,39)40)28-18-16-25(3)17-19-28/h5-9,11-14,16-19,24,30H,10,15,20-23H2,1-4H3,(H,34,38)/t30-/m0/s1. The zero-order chi connectivity index (χ0) is 30.0. The zero-order valence-electron chi connectivity index (χ0n) is 24.2. The lowest BCUT2D eigenvalue weighted by Crippen LogP contribution is -2.51. The molecule has 0 aliphatic heterocycles. The van der Waals surface area contributed by atoms with Gasteiger partial charge in [-0.3, -0.25) is 13.9 Å². The summed E-state index contributed by atoms with van der Waals surface area (Å²) in [5, 5.41) is 2.94. The summed E-state index contributed by atoms with van der Waals surface area (Å²) in [5.74, 6) is -0.930. The van der Waals surface area contributed by atoms with Crippen LogP contribution in [0.3, 0.4) is 0 Å². The van der Waals surface area contributed by atoms with Gasteiger partial charge in [0.15, 0.2) is 0 Å². The van der Waals surface area contributed by atoms with Crippen molar-refractivity contribution in [1.82, 2.24) is 10.2 Å². The van der Waals surface area contributed by atoms with E-state index in [4.69, 9.17) is 0 Å². The second kappa shape index (κ2) is 14.8. The quantitative estimate of drug-likeness (QED) is 0.287. The van der Waals surface area contributed by atoms with Crippen LogP contribution in [0.2, 0.25) is 0 Å². The van der Waals surface area contributed by atoms with E-state index in [0.29, 0.717) is 17.8 Å². The first-order valence-electron chi connectivity index (χ1n) is 13.8. The molecule has 0 heterocycles. The Bertz CT molecular complexity index is 1400. The molecule has 220 valence electrons. The Labute approximate surface area is 243 Å². The number of nitrogens with one attached hydrogen (secondary N) is 1. The van der Waals surface area contributed by atoms with E-state index in [0.717, 1.165) is 17.4 Å². The molecule has 3 aromatic carbocycles. The summed E-state index contributed by atoms with van der Waals surface area (Å²) in [4.78, 5) is 28.7. The molecule has 0 aliphatic rings. The Hall–Kier alpha value is -3.72. The number of benzene rings is 3. The number of carbonyl (C=O) groups excluding carboxylic acids is 2. The highest BCUT2D eigenvalue weighted by molar-refractivity contribution is 7.92. The number of halogens is 1. The van der Waals surface area contributed by atoms with Crippen molar-refractivity contribution >= 4 is 27.5 Å². The Morgan fingerprint density at radius 1 is 0.927 bits per heavy atom. The van der Waals surface area contributed by atoms with Crippen LogP contribution in [0.4, 0.5) is 10.1 Å². The van der Waals surface area contributed by atoms with Crippen LogP contribution in [0.15, 0.2) is 78.9 Å². The Morgan fingerprint density at radius 3 is 2.17 bits per heavy atom. The summed E-state index contributed by atoms with van der Waals surface area (Å²) < 4.78 is 41.2. The lowest BCUT2D eigenvalue weighted by Gasteiger charge is -2.32. The first kappa shape index (κ1) is 31.8. The normalized spacial score (nSPS) is 12.1. The Kier molecular flexibility index (Phi) is 11.5. The maximum Gasteiger partial charge on any atom is 0.243 e. The summed E-state index contributed by atoms with van der Waals surface area (Å²) in [6.07, 6.45) is 1.59. The molecule has 0 saturated heterocycles. The van der Waals surface area contributed by atoms with Crippen LogP contribution in [0.25, 0.3) is 0 Å². The van der Waals surface area contributed by atoms with Crippen LogP contribution in [-0.2, 0) is 32.6 Å². The van der Waals surface area contributed by atoms with E-state index >= 15 is 0 Å². The number of amides is 2. The topological polar surface area (TPSA) is 86.8 Å². The predicted molar refractivity (Wildman–Crippen MR) is 161 cm³/mol. The van der Waals surface area contributed by atoms with Gasteiger partial charge in [0, 0.05) is 38.0 Å². The minimum absolute atomic E-state index is 0.0188. The van der Waals surface area contributed by atoms with Crippen LogP contribution in [0.1, 0.15) is 43.4 Å². The van der Waals surface area contributed by atoms with Gasteiger partial charge in [-0.2, -0.15) is 0 Å². The van der Waals surface area contributed by atoms with E-state index in [-0.39, 0.29) is 50.1 Å². The highest BCUT2D eigenvalue weighted by Gasteiger charge is 2.31. The number of carbonyl (C=O) groups is 2. The minimum atomic E-state index is -3.59. The third kappa shape index (κ3) is 9.70. The van der Waals surface area contributed by atoms with Crippen molar-refractivity contribution in [2.75, 3.05) is 23.7 Å². The van der Waals surface area contributed by atoms with Crippen LogP contribution in [0, 0.1) is 18.7 Å². The fourth-order valence-corrected chi connectivity index (χ4v) is 5.47. The Balaban J connectivity index is 1.88. The van der Waals surface area contributed by atoms with Gasteiger partial charge in [0.2, 0.25) is 21.8 Å². The van der Waals surface area contributed by atoms with Crippen molar-refractivity contribution in [2.45, 2.75) is 52.6 Å². The van der Waals surface area contributed by atoms with Crippen molar-refractivity contribution in [3.63, 3.8) is 0 Å². The van der Waals surface area contributed by atoms with E-state index in [1.54, 1.807) is 30.3 Å². The highest BCUT2D eigenvalue weighted by atomic mass is 32.2. The summed E-state index contributed by atoms with van der Waals surface area (Å²) in [6, 6.07) is 21.8. The van der Waals surface area contributed by atoms with Gasteiger partial charge in [-0.15, -0.1) is 0 Å². The lowest BCUT2D eigenvalue weighted by atomic mass is 10.0. The van der Waals surface area contributed by atoms with Crippen molar-refractivity contribution in [3.05, 3.63) is 101 Å². The lowest BCUT2D eigenvalue weighted by molar-refractivity contribution is -0.141. The van der Waals surface area contributed by atoms with Crippen LogP contribution in [-0.4, -0.2) is 50.5 Å². The van der Waals surface area contributed by atoms with Crippen molar-refractivity contribution in [1.29, 1.82) is 0 Å². The van der Waals surface area contributed by atoms with Crippen LogP contribution in [0.5, 0.6) is 0 Å². The number of anilines is 1. The maximum atomic E-state index is 14.8. The minimum Gasteiger partial charge on any atom is -0.354 e. The van der Waals surface area contributed by atoms with Gasteiger partial charge in [0.05, 0.1) is 11.9 Å². The predicted octanol–water partition coefficient (Wildman–Crippen LogP) is 5.09. The molecule has 7 nitrogen and oxygen atoms in total. The molecule has 0 fully saturated rings. The second-order valence-electron chi connectivity index (χ2n) is 10.7. The van der Waals surface area contributed by atoms with E-state index in [2.05, 4.69) is 5.32 Å². The highest BCUT2D eigenvalue weighted by Crippen LogP contribution is 2.21. The number of hydrogen-bond donors (Lipinski definition) is 1. The van der Waals surface area contributed by atoms with Gasteiger partial charge in [-0.05, 0) is 43.0 Å². The fourth-order valence-electron chi connectivity index (χ4n) is 4.50. The largest absolute Gasteiger partial charge is 0.354 e. The number of hydrogen-bond acceptors (Lipinski definition) is 4. The molecule has 1 atom stereocenters. The molecule has 0 spiro atoms. The average molecular weight is 582 g/mol. The molecule has 0 saturated carbocycles. The van der Waals surface area contributed by atoms with Crippen molar-refractivity contribution in [2.24, 2.45) is 5.92 Å². The first-order valence-corrected chi connectivity index (χ1v) is 15.7. The molecule has 0 radical (unpaired) electrons. The third-order valence-electron chi connectivity index (χ3n) is 6.73. The number of aryl methyl sites for hydroxylation is 1. The molecular formula is C32H40FN3O4S. The monoisotopic (exact) mass is 581 g/mol. The second-order valence-corrected chi connectivity index (χ2v) is 12.6. The zero-order valence-corrected chi connectivity index (χ0v) is 25.0. The molecule has 3 rings (SSSR count). The molecule has 1 N–H and O–H groups in total. The molecule has 2 amide bonds. The van der Waals surface area contributed by atoms with E-state index in [1.807, 2.05) is 63.2 Å². The molecule has 0 bridgehead atoms. The third-order valence-corrected chi connectivity index (χ3v) is 7.92. The molecule has 3 aromatic rings. The number of sulfonamides is 1. The first-order chi connectivity index (χ1) is 19.5. The van der Waals surface area contributed by atoms with Gasteiger partial charge in [0.25, 0.3) is 0 Å². The smallest absolute Gasteiger partial charge is 0.243 e. The van der Waals surface area contributed by atoms with Gasteiger partial charge >= 0.3 is 0 Å². The number of nitrogens with zero attached hydrogens (tertiary/aromatic N) is 2. The molecule has 0 aromatic heterocycles. The van der Waals surface area contributed by atoms with E-state index in [1.165, 1.54) is 15.3 Å². The number of rotatable bonds is 14. The molecule has 0 aliphatic carbocycles. The summed E-state index contributed by atoms with van der Waals surface area (Å²) in [6.45, 7) is 6.31. The molecule has 41 heavy (non-hydrogen) atoms. The SMILES string of the molecule is Cc1ccc(N(CCCC(=O)N(Cc2ccccc2F)[C@@H](Cc2ccccc2)C(=O)NCC(C)C)S(C)(=O)=O)cc1. The average Bonchev–Trinajstić information content (AvgIpc) is 2.93. The summed E-state index contributed by atoms with van der Waals surface area (Å²) in [5.41, 5.74) is 2.68. The van der Waals surface area contributed by atoms with Gasteiger partial charge in [0.1, 0.15) is 11.9 Å². The van der Waals surface area contributed by atoms with Gasteiger partial charge in [-0.1, -0.05) is 80.1 Å². The summed E-state index contributed by atoms with van der Waals surface area (Å²) >= 11 is 0. The molecular weight excluding hydrogens is 541 g/mol. The van der Waals surface area contributed by atoms with Crippen LogP contribution < -0.4 is 9.62 Å². The summed E-state index contributed by atoms with van der Waals surface area (Å²) in [7, 11) is -3.59. The van der Waals surface area contributed by atoms with Gasteiger partial charge < -0.3 is 10.2 Å². The fraction of sp³-hybridized carbons (Fsp3) is 0.375. The van der Waals surface area contributed by atoms with Crippen molar-refractivity contribution < 1.29 is 22.4 Å².